The lowest BCUT2D eigenvalue weighted by atomic mass is 9.93. The monoisotopic (exact) mass is 851 g/mol. The number of rotatable bonds is 12. The van der Waals surface area contributed by atoms with Crippen LogP contribution in [0.3, 0.4) is 0 Å². The third-order valence-electron chi connectivity index (χ3n) is 11.1. The van der Waals surface area contributed by atoms with Gasteiger partial charge >= 0.3 is 6.18 Å². The molecule has 0 aromatic heterocycles. The quantitative estimate of drug-likeness (QED) is 0.124. The summed E-state index contributed by atoms with van der Waals surface area (Å²) in [6.07, 6.45) is -1.03. The van der Waals surface area contributed by atoms with Crippen molar-refractivity contribution in [2.45, 2.75) is 90.0 Å². The van der Waals surface area contributed by atoms with Gasteiger partial charge in [0.05, 0.1) is 35.5 Å². The van der Waals surface area contributed by atoms with Crippen molar-refractivity contribution in [3.8, 4) is 11.8 Å². The minimum absolute atomic E-state index is 0.0182. The first-order chi connectivity index (χ1) is 27.9. The maximum absolute atomic E-state index is 13.8. The van der Waals surface area contributed by atoms with Gasteiger partial charge in [0, 0.05) is 28.5 Å². The highest BCUT2D eigenvalue weighted by Gasteiger charge is 2.51. The van der Waals surface area contributed by atoms with Crippen LogP contribution < -0.4 is 30.5 Å². The van der Waals surface area contributed by atoms with Crippen LogP contribution in [0.5, 0.6) is 5.75 Å². The molecule has 312 valence electrons. The molecule has 0 bridgehead atoms. The van der Waals surface area contributed by atoms with E-state index in [1.54, 1.807) is 49.1 Å². The lowest BCUT2D eigenvalue weighted by Crippen LogP contribution is -2.47. The fourth-order valence-corrected chi connectivity index (χ4v) is 8.49. The van der Waals surface area contributed by atoms with Crippen molar-refractivity contribution in [3.05, 3.63) is 76.3 Å². The van der Waals surface area contributed by atoms with E-state index in [0.29, 0.717) is 53.2 Å². The number of nitriles is 1. The third-order valence-corrected chi connectivity index (χ3v) is 11.7. The number of benzene rings is 3. The smallest absolute Gasteiger partial charge is 0.417 e. The van der Waals surface area contributed by atoms with Gasteiger partial charge in [0.1, 0.15) is 17.3 Å². The number of anilines is 4. The van der Waals surface area contributed by atoms with E-state index >= 15 is 0 Å². The Morgan fingerprint density at radius 3 is 2.41 bits per heavy atom. The Hall–Kier alpha value is -5.24. The Labute approximate surface area is 351 Å². The zero-order valence-electron chi connectivity index (χ0n) is 33.0. The van der Waals surface area contributed by atoms with E-state index in [1.807, 2.05) is 26.0 Å². The molecule has 0 saturated carbocycles. The molecule has 3 aromatic carbocycles. The van der Waals surface area contributed by atoms with Crippen molar-refractivity contribution in [3.63, 3.8) is 0 Å². The molecule has 3 aliphatic heterocycles. The number of amides is 4. The van der Waals surface area contributed by atoms with Gasteiger partial charge in [0.2, 0.25) is 17.7 Å². The number of imide groups is 1. The Morgan fingerprint density at radius 2 is 1.75 bits per heavy atom. The Bertz CT molecular complexity index is 2210. The highest BCUT2D eigenvalue weighted by atomic mass is 35.5. The van der Waals surface area contributed by atoms with Crippen molar-refractivity contribution >= 4 is 75.3 Å². The zero-order chi connectivity index (χ0) is 42.8. The summed E-state index contributed by atoms with van der Waals surface area (Å²) in [7, 11) is 0. The van der Waals surface area contributed by atoms with Gasteiger partial charge in [-0.15, -0.1) is 0 Å². The number of piperidine rings is 2. The van der Waals surface area contributed by atoms with Crippen LogP contribution in [-0.4, -0.2) is 71.0 Å². The van der Waals surface area contributed by atoms with E-state index in [2.05, 4.69) is 20.9 Å². The molecule has 3 aliphatic rings. The van der Waals surface area contributed by atoms with E-state index in [0.717, 1.165) is 54.9 Å². The van der Waals surface area contributed by atoms with Crippen LogP contribution in [0.2, 0.25) is 5.02 Å². The average molecular weight is 852 g/mol. The molecular weight excluding hydrogens is 807 g/mol. The second kappa shape index (κ2) is 17.5. The summed E-state index contributed by atoms with van der Waals surface area (Å²) in [5.74, 6) is -0.327. The molecule has 3 aromatic rings. The number of nitrogens with zero attached hydrogens (tertiary/aromatic N) is 4. The predicted molar refractivity (Wildman–Crippen MR) is 222 cm³/mol. The number of ether oxygens (including phenoxy) is 1. The minimum Gasteiger partial charge on any atom is -0.493 e. The van der Waals surface area contributed by atoms with Crippen molar-refractivity contribution in [1.82, 2.24) is 10.2 Å². The lowest BCUT2D eigenvalue weighted by Gasteiger charge is -2.35. The molecule has 0 aliphatic carbocycles. The molecule has 3 heterocycles. The molecule has 6 rings (SSSR count). The number of carbonyl (C=O) groups excluding carboxylic acids is 4. The minimum atomic E-state index is -4.80. The number of carbonyl (C=O) groups is 4. The van der Waals surface area contributed by atoms with Gasteiger partial charge in [-0.2, -0.15) is 18.4 Å². The number of halogens is 4. The molecule has 2 unspecified atom stereocenters. The first-order valence-electron chi connectivity index (χ1n) is 19.4. The van der Waals surface area contributed by atoms with E-state index in [4.69, 9.17) is 28.6 Å². The summed E-state index contributed by atoms with van der Waals surface area (Å²) in [6.45, 7) is 9.08. The maximum atomic E-state index is 13.8. The zero-order valence-corrected chi connectivity index (χ0v) is 34.6. The molecule has 0 radical (unpaired) electrons. The van der Waals surface area contributed by atoms with Crippen LogP contribution in [-0.2, 0) is 31.8 Å². The van der Waals surface area contributed by atoms with Crippen molar-refractivity contribution in [1.29, 1.82) is 5.26 Å². The summed E-state index contributed by atoms with van der Waals surface area (Å²) in [4.78, 5) is 55.6. The molecule has 3 fully saturated rings. The molecule has 0 spiro atoms. The maximum Gasteiger partial charge on any atom is 0.417 e. The molecule has 59 heavy (non-hydrogen) atoms. The topological polar surface area (TPSA) is 147 Å². The van der Waals surface area contributed by atoms with Gasteiger partial charge in [-0.25, -0.2) is 0 Å². The Kier molecular flexibility index (Phi) is 12.9. The number of nitrogens with one attached hydrogen (secondary N) is 3. The fourth-order valence-electron chi connectivity index (χ4n) is 7.74. The van der Waals surface area contributed by atoms with Crippen molar-refractivity contribution < 1.29 is 37.1 Å². The van der Waals surface area contributed by atoms with Gasteiger partial charge in [-0.1, -0.05) is 18.5 Å². The fraction of sp³-hybridized carbons (Fsp3) is 0.429. The van der Waals surface area contributed by atoms with Crippen LogP contribution in [0.1, 0.15) is 76.5 Å². The molecule has 4 amide bonds. The SMILES string of the molecule is CCc1cc(N2C(=S)N(c3ccc(C#N)c(C(F)(F)F)c3)C(=O)C2(C)C)ccc1OCCC1CCN(C(C)C(=O)Nc2cc(Cl)cc(NC3CCC(=O)NC3=O)c2)CC1. The van der Waals surface area contributed by atoms with Gasteiger partial charge < -0.3 is 20.3 Å². The normalized spacial score (nSPS) is 19.3. The number of likely N-dealkylation sites (tertiary alicyclic amines) is 1. The molecule has 12 nitrogen and oxygen atoms in total. The molecular formula is C42H45ClF3N7O5S. The van der Waals surface area contributed by atoms with E-state index in [1.165, 1.54) is 6.07 Å². The van der Waals surface area contributed by atoms with Gasteiger partial charge in [-0.05, 0) is 144 Å². The Balaban J connectivity index is 1.02. The van der Waals surface area contributed by atoms with E-state index in [-0.39, 0.29) is 29.0 Å². The largest absolute Gasteiger partial charge is 0.493 e. The van der Waals surface area contributed by atoms with Gasteiger partial charge in [0.25, 0.3) is 5.91 Å². The second-order valence-corrected chi connectivity index (χ2v) is 16.3. The Morgan fingerprint density at radius 1 is 1.05 bits per heavy atom. The van der Waals surface area contributed by atoms with Crippen LogP contribution >= 0.6 is 23.8 Å². The van der Waals surface area contributed by atoms with Crippen LogP contribution in [0.25, 0.3) is 0 Å². The summed E-state index contributed by atoms with van der Waals surface area (Å²) >= 11 is 12.0. The van der Waals surface area contributed by atoms with Crippen LogP contribution in [0.4, 0.5) is 35.9 Å². The number of aryl methyl sites for hydroxylation is 1. The lowest BCUT2D eigenvalue weighted by molar-refractivity contribution is -0.138. The standard InChI is InChI=1S/C42H45ClF3N7O5S/c1-5-26-18-32(53-40(59)52(39(57)41(53,3)4)31-7-6-27(23-47)33(22-31)42(44,45)46)8-10-35(26)58-17-14-25-12-15-51(16-13-25)24(2)37(55)49-30-20-28(43)19-29(21-30)48-34-9-11-36(54)50-38(34)56/h6-8,10,18-22,24-25,34,48H,5,9,11-17H2,1-4H3,(H,49,55)(H,50,54,56). The van der Waals surface area contributed by atoms with Crippen LogP contribution in [0.15, 0.2) is 54.6 Å². The predicted octanol–water partition coefficient (Wildman–Crippen LogP) is 7.43. The number of alkyl halides is 3. The summed E-state index contributed by atoms with van der Waals surface area (Å²) in [5.41, 5.74) is -0.479. The summed E-state index contributed by atoms with van der Waals surface area (Å²) in [5, 5.41) is 18.0. The van der Waals surface area contributed by atoms with Crippen LogP contribution in [0, 0.1) is 17.2 Å². The average Bonchev–Trinajstić information content (AvgIpc) is 3.36. The highest BCUT2D eigenvalue weighted by Crippen LogP contribution is 2.41. The molecule has 3 saturated heterocycles. The number of hydrogen-bond donors (Lipinski definition) is 3. The first-order valence-corrected chi connectivity index (χ1v) is 20.2. The summed E-state index contributed by atoms with van der Waals surface area (Å²) in [6, 6.07) is 14.2. The molecule has 2 atom stereocenters. The van der Waals surface area contributed by atoms with E-state index in [9.17, 15) is 37.6 Å². The highest BCUT2D eigenvalue weighted by molar-refractivity contribution is 7.81. The molecule has 17 heteroatoms. The number of thiocarbonyl (C=S) groups is 1. The third kappa shape index (κ3) is 9.48. The van der Waals surface area contributed by atoms with Gasteiger partial charge in [-0.3, -0.25) is 34.3 Å². The van der Waals surface area contributed by atoms with Gasteiger partial charge in [0.15, 0.2) is 5.11 Å². The number of hydrogen-bond acceptors (Lipinski definition) is 9. The van der Waals surface area contributed by atoms with Crippen molar-refractivity contribution in [2.75, 3.05) is 40.1 Å². The van der Waals surface area contributed by atoms with E-state index < -0.39 is 46.7 Å². The second-order valence-electron chi connectivity index (χ2n) is 15.5. The summed E-state index contributed by atoms with van der Waals surface area (Å²) < 4.78 is 47.6. The first kappa shape index (κ1) is 43.3. The molecule has 3 N–H and O–H groups in total. The van der Waals surface area contributed by atoms with Crippen molar-refractivity contribution in [2.24, 2.45) is 5.92 Å².